The van der Waals surface area contributed by atoms with Gasteiger partial charge in [-0.25, -0.2) is 0 Å². The summed E-state index contributed by atoms with van der Waals surface area (Å²) < 4.78 is 0. The van der Waals surface area contributed by atoms with Gasteiger partial charge in [-0.05, 0) is 42.4 Å². The van der Waals surface area contributed by atoms with Crippen molar-refractivity contribution in [2.24, 2.45) is 11.8 Å². The second-order valence-corrected chi connectivity index (χ2v) is 6.12. The maximum absolute atomic E-state index is 12.4. The maximum atomic E-state index is 12.4. The van der Waals surface area contributed by atoms with Crippen molar-refractivity contribution in [3.8, 4) is 0 Å². The molecule has 1 amide bonds. The van der Waals surface area contributed by atoms with Crippen LogP contribution in [-0.2, 0) is 11.2 Å². The zero-order valence-electron chi connectivity index (χ0n) is 12.1. The molecule has 0 unspecified atom stereocenters. The molecule has 1 heterocycles. The van der Waals surface area contributed by atoms with E-state index >= 15 is 0 Å². The summed E-state index contributed by atoms with van der Waals surface area (Å²) in [4.78, 5) is 14.4. The quantitative estimate of drug-likeness (QED) is 0.831. The minimum atomic E-state index is 0.203. The number of carbonyl (C=O) groups is 1. The predicted molar refractivity (Wildman–Crippen MR) is 78.8 cm³/mol. The molecular weight excluding hydrogens is 236 g/mol. The number of benzene rings is 1. The molecule has 1 saturated heterocycles. The lowest BCUT2D eigenvalue weighted by atomic mass is 9.91. The molecule has 1 aliphatic heterocycles. The molecule has 0 radical (unpaired) electrons. The van der Waals surface area contributed by atoms with Gasteiger partial charge in [0.15, 0.2) is 0 Å². The molecule has 0 bridgehead atoms. The zero-order valence-corrected chi connectivity index (χ0v) is 12.1. The van der Waals surface area contributed by atoms with E-state index < -0.39 is 0 Å². The Bertz CT molecular complexity index is 460. The lowest BCUT2D eigenvalue weighted by Crippen LogP contribution is -2.43. The van der Waals surface area contributed by atoms with Crippen LogP contribution in [0.4, 0.5) is 5.69 Å². The van der Waals surface area contributed by atoms with E-state index in [1.165, 1.54) is 6.42 Å². The molecule has 0 saturated carbocycles. The van der Waals surface area contributed by atoms with E-state index in [4.69, 9.17) is 5.73 Å². The highest BCUT2D eigenvalue weighted by Gasteiger charge is 2.25. The fraction of sp³-hybridized carbons (Fsp3) is 0.562. The number of amides is 1. The van der Waals surface area contributed by atoms with Gasteiger partial charge in [0.05, 0.1) is 6.42 Å². The van der Waals surface area contributed by atoms with E-state index in [-0.39, 0.29) is 5.91 Å². The lowest BCUT2D eigenvalue weighted by molar-refractivity contribution is -0.133. The van der Waals surface area contributed by atoms with Crippen LogP contribution >= 0.6 is 0 Å². The smallest absolute Gasteiger partial charge is 0.227 e. The van der Waals surface area contributed by atoms with E-state index in [1.54, 1.807) is 0 Å². The van der Waals surface area contributed by atoms with Gasteiger partial charge in [0, 0.05) is 18.8 Å². The summed E-state index contributed by atoms with van der Waals surface area (Å²) in [6.45, 7) is 8.21. The molecule has 19 heavy (non-hydrogen) atoms. The number of hydrogen-bond acceptors (Lipinski definition) is 2. The largest absolute Gasteiger partial charge is 0.398 e. The van der Waals surface area contributed by atoms with Crippen molar-refractivity contribution in [2.45, 2.75) is 33.6 Å². The third-order valence-electron chi connectivity index (χ3n) is 3.86. The standard InChI is InChI=1S/C16H24N2O/c1-11-4-5-14(15(17)7-11)8-16(19)18-9-12(2)6-13(3)10-18/h4-5,7,12-13H,6,8-10,17H2,1-3H3/t12-,13+. The Labute approximate surface area is 115 Å². The van der Waals surface area contributed by atoms with Crippen molar-refractivity contribution in [1.29, 1.82) is 0 Å². The lowest BCUT2D eigenvalue weighted by Gasteiger charge is -2.35. The van der Waals surface area contributed by atoms with Gasteiger partial charge < -0.3 is 10.6 Å². The average Bonchev–Trinajstić information content (AvgIpc) is 2.31. The number of aryl methyl sites for hydroxylation is 1. The van der Waals surface area contributed by atoms with E-state index in [9.17, 15) is 4.79 Å². The number of carbonyl (C=O) groups excluding carboxylic acids is 1. The molecule has 3 nitrogen and oxygen atoms in total. The molecular formula is C16H24N2O. The second kappa shape index (κ2) is 5.64. The summed E-state index contributed by atoms with van der Waals surface area (Å²) in [5.41, 5.74) is 8.79. The molecule has 0 aromatic heterocycles. The summed E-state index contributed by atoms with van der Waals surface area (Å²) in [5, 5.41) is 0. The van der Waals surface area contributed by atoms with E-state index in [0.29, 0.717) is 18.3 Å². The van der Waals surface area contributed by atoms with E-state index in [0.717, 1.165) is 29.9 Å². The van der Waals surface area contributed by atoms with Gasteiger partial charge in [-0.3, -0.25) is 4.79 Å². The SMILES string of the molecule is Cc1ccc(CC(=O)N2C[C@H](C)C[C@H](C)C2)c(N)c1. The third-order valence-corrected chi connectivity index (χ3v) is 3.86. The molecule has 0 aliphatic carbocycles. The van der Waals surface area contributed by atoms with Gasteiger partial charge in [0.2, 0.25) is 5.91 Å². The van der Waals surface area contributed by atoms with Crippen molar-refractivity contribution >= 4 is 11.6 Å². The molecule has 1 aromatic rings. The number of likely N-dealkylation sites (tertiary alicyclic amines) is 1. The summed E-state index contributed by atoms with van der Waals surface area (Å²) >= 11 is 0. The maximum Gasteiger partial charge on any atom is 0.227 e. The van der Waals surface area contributed by atoms with Gasteiger partial charge in [0.25, 0.3) is 0 Å². The van der Waals surface area contributed by atoms with E-state index in [1.807, 2.05) is 30.0 Å². The molecule has 3 heteroatoms. The van der Waals surface area contributed by atoms with Crippen molar-refractivity contribution in [2.75, 3.05) is 18.8 Å². The molecule has 104 valence electrons. The Morgan fingerprint density at radius 3 is 2.53 bits per heavy atom. The molecule has 2 N–H and O–H groups in total. The Balaban J connectivity index is 2.04. The molecule has 2 atom stereocenters. The van der Waals surface area contributed by atoms with Crippen molar-refractivity contribution in [3.05, 3.63) is 29.3 Å². The third kappa shape index (κ3) is 3.49. The first-order valence-corrected chi connectivity index (χ1v) is 7.08. The van der Waals surface area contributed by atoms with Gasteiger partial charge in [-0.1, -0.05) is 26.0 Å². The zero-order chi connectivity index (χ0) is 14.0. The first-order valence-electron chi connectivity index (χ1n) is 7.08. The van der Waals surface area contributed by atoms with Gasteiger partial charge in [0.1, 0.15) is 0 Å². The number of nitrogens with two attached hydrogens (primary N) is 1. The normalized spacial score (nSPS) is 23.4. The summed E-state index contributed by atoms with van der Waals surface area (Å²) in [6, 6.07) is 5.92. The average molecular weight is 260 g/mol. The fourth-order valence-electron chi connectivity index (χ4n) is 3.02. The highest BCUT2D eigenvalue weighted by atomic mass is 16.2. The first-order chi connectivity index (χ1) is 8.95. The van der Waals surface area contributed by atoms with E-state index in [2.05, 4.69) is 13.8 Å². The highest BCUT2D eigenvalue weighted by Crippen LogP contribution is 2.22. The monoisotopic (exact) mass is 260 g/mol. The van der Waals surface area contributed by atoms with Crippen LogP contribution in [0.15, 0.2) is 18.2 Å². The Hall–Kier alpha value is -1.51. The number of rotatable bonds is 2. The molecule has 1 aromatic carbocycles. The fourth-order valence-corrected chi connectivity index (χ4v) is 3.02. The Morgan fingerprint density at radius 1 is 1.32 bits per heavy atom. The Morgan fingerprint density at radius 2 is 1.95 bits per heavy atom. The number of nitrogens with zero attached hydrogens (tertiary/aromatic N) is 1. The molecule has 1 fully saturated rings. The van der Waals surface area contributed by atoms with Crippen LogP contribution in [0.1, 0.15) is 31.4 Å². The van der Waals surface area contributed by atoms with Gasteiger partial charge in [-0.15, -0.1) is 0 Å². The van der Waals surface area contributed by atoms with Crippen LogP contribution in [0.25, 0.3) is 0 Å². The number of hydrogen-bond donors (Lipinski definition) is 1. The van der Waals surface area contributed by atoms with Crippen LogP contribution in [0.3, 0.4) is 0 Å². The van der Waals surface area contributed by atoms with Crippen LogP contribution in [0.2, 0.25) is 0 Å². The topological polar surface area (TPSA) is 46.3 Å². The van der Waals surface area contributed by atoms with Crippen molar-refractivity contribution < 1.29 is 4.79 Å². The van der Waals surface area contributed by atoms with Gasteiger partial charge in [-0.2, -0.15) is 0 Å². The predicted octanol–water partition coefficient (Wildman–Crippen LogP) is 2.62. The first kappa shape index (κ1) is 13.9. The van der Waals surface area contributed by atoms with Crippen LogP contribution in [0, 0.1) is 18.8 Å². The molecule has 2 rings (SSSR count). The van der Waals surface area contributed by atoms with Crippen LogP contribution in [-0.4, -0.2) is 23.9 Å². The molecule has 1 aliphatic rings. The minimum absolute atomic E-state index is 0.203. The summed E-state index contributed by atoms with van der Waals surface area (Å²) in [6.07, 6.45) is 1.64. The minimum Gasteiger partial charge on any atom is -0.398 e. The molecule has 0 spiro atoms. The van der Waals surface area contributed by atoms with Crippen molar-refractivity contribution in [3.63, 3.8) is 0 Å². The number of nitrogen functional groups attached to an aromatic ring is 1. The number of piperidine rings is 1. The van der Waals surface area contributed by atoms with Gasteiger partial charge >= 0.3 is 0 Å². The van der Waals surface area contributed by atoms with Crippen LogP contribution in [0.5, 0.6) is 0 Å². The second-order valence-electron chi connectivity index (χ2n) is 6.12. The van der Waals surface area contributed by atoms with Crippen molar-refractivity contribution in [1.82, 2.24) is 4.90 Å². The highest BCUT2D eigenvalue weighted by molar-refractivity contribution is 5.80. The summed E-state index contributed by atoms with van der Waals surface area (Å²) in [5.74, 6) is 1.40. The number of anilines is 1. The summed E-state index contributed by atoms with van der Waals surface area (Å²) in [7, 11) is 0. The Kier molecular flexibility index (Phi) is 4.13. The van der Waals surface area contributed by atoms with Crippen LogP contribution < -0.4 is 5.73 Å².